The molecule has 0 bridgehead atoms. The first-order chi connectivity index (χ1) is 11.6. The van der Waals surface area contributed by atoms with Gasteiger partial charge >= 0.3 is 0 Å². The lowest BCUT2D eigenvalue weighted by atomic mass is 10.2. The van der Waals surface area contributed by atoms with Crippen LogP contribution in [0, 0.1) is 13.8 Å². The number of carbonyl (C=O) groups is 1. The van der Waals surface area contributed by atoms with E-state index < -0.39 is 0 Å². The van der Waals surface area contributed by atoms with Crippen LogP contribution in [0.1, 0.15) is 27.4 Å². The Morgan fingerprint density at radius 2 is 1.96 bits per heavy atom. The summed E-state index contributed by atoms with van der Waals surface area (Å²) < 4.78 is 5.18. The van der Waals surface area contributed by atoms with E-state index in [1.165, 1.54) is 11.8 Å². The lowest BCUT2D eigenvalue weighted by molar-refractivity contribution is 0.102. The second-order valence-electron chi connectivity index (χ2n) is 5.27. The Balaban J connectivity index is 1.76. The fourth-order valence-corrected chi connectivity index (χ4v) is 3.39. The largest absolute Gasteiger partial charge is 0.361 e. The summed E-state index contributed by atoms with van der Waals surface area (Å²) >= 11 is 1.50. The summed E-state index contributed by atoms with van der Waals surface area (Å²) in [5.41, 5.74) is 3.22. The van der Waals surface area contributed by atoms with Gasteiger partial charge in [0.1, 0.15) is 10.8 Å². The molecule has 0 fully saturated rings. The fourth-order valence-electron chi connectivity index (χ4n) is 2.25. The second-order valence-corrected chi connectivity index (χ2v) is 6.23. The first-order valence-electron chi connectivity index (χ1n) is 7.51. The van der Waals surface area contributed by atoms with Gasteiger partial charge in [0.2, 0.25) is 0 Å². The summed E-state index contributed by atoms with van der Waals surface area (Å²) in [6.07, 6.45) is 1.69. The minimum absolute atomic E-state index is 0.171. The quantitative estimate of drug-likeness (QED) is 0.705. The summed E-state index contributed by atoms with van der Waals surface area (Å²) in [7, 11) is 0. The van der Waals surface area contributed by atoms with Crippen molar-refractivity contribution in [2.24, 2.45) is 0 Å². The SMILES string of the molecule is Cc1noc(C)c1CSc1ncccc1C(=O)Nc1ccccc1. The Hall–Kier alpha value is -2.60. The van der Waals surface area contributed by atoms with Crippen molar-refractivity contribution in [2.75, 3.05) is 5.32 Å². The zero-order valence-electron chi connectivity index (χ0n) is 13.4. The van der Waals surface area contributed by atoms with E-state index in [0.29, 0.717) is 16.3 Å². The monoisotopic (exact) mass is 339 g/mol. The summed E-state index contributed by atoms with van der Waals surface area (Å²) in [5.74, 6) is 1.28. The number of nitrogens with zero attached hydrogens (tertiary/aromatic N) is 2. The van der Waals surface area contributed by atoms with Gasteiger partial charge in [-0.2, -0.15) is 0 Å². The molecule has 1 N–H and O–H groups in total. The van der Waals surface area contributed by atoms with Gasteiger partial charge < -0.3 is 9.84 Å². The standard InChI is InChI=1S/C18H17N3O2S/c1-12-16(13(2)23-21-12)11-24-18-15(9-6-10-19-18)17(22)20-14-7-4-3-5-8-14/h3-10H,11H2,1-2H3,(H,20,22). The maximum Gasteiger partial charge on any atom is 0.258 e. The smallest absolute Gasteiger partial charge is 0.258 e. The number of carbonyl (C=O) groups excluding carboxylic acids is 1. The zero-order valence-corrected chi connectivity index (χ0v) is 14.3. The highest BCUT2D eigenvalue weighted by atomic mass is 32.2. The van der Waals surface area contributed by atoms with Crippen LogP contribution in [-0.4, -0.2) is 16.0 Å². The molecule has 6 heteroatoms. The molecule has 0 saturated heterocycles. The van der Waals surface area contributed by atoms with Crippen LogP contribution in [0.2, 0.25) is 0 Å². The van der Waals surface area contributed by atoms with Crippen LogP contribution in [0.3, 0.4) is 0 Å². The van der Waals surface area contributed by atoms with Crippen LogP contribution < -0.4 is 5.32 Å². The van der Waals surface area contributed by atoms with Gasteiger partial charge in [-0.3, -0.25) is 4.79 Å². The van der Waals surface area contributed by atoms with Crippen molar-refractivity contribution >= 4 is 23.4 Å². The Labute approximate surface area is 144 Å². The number of pyridine rings is 1. The second kappa shape index (κ2) is 7.31. The van der Waals surface area contributed by atoms with Gasteiger partial charge in [0.25, 0.3) is 5.91 Å². The van der Waals surface area contributed by atoms with Gasteiger partial charge in [0.05, 0.1) is 11.3 Å². The van der Waals surface area contributed by atoms with Crippen molar-refractivity contribution in [3.63, 3.8) is 0 Å². The average Bonchev–Trinajstić information content (AvgIpc) is 2.92. The minimum atomic E-state index is -0.171. The molecule has 0 spiro atoms. The van der Waals surface area contributed by atoms with E-state index in [2.05, 4.69) is 15.5 Å². The number of para-hydroxylation sites is 1. The predicted molar refractivity (Wildman–Crippen MR) is 94.2 cm³/mol. The zero-order chi connectivity index (χ0) is 16.9. The first kappa shape index (κ1) is 16.3. The fraction of sp³-hybridized carbons (Fsp3) is 0.167. The van der Waals surface area contributed by atoms with Crippen molar-refractivity contribution < 1.29 is 9.32 Å². The molecule has 0 atom stereocenters. The number of nitrogens with one attached hydrogen (secondary N) is 1. The molecule has 2 heterocycles. The molecule has 0 aliphatic heterocycles. The van der Waals surface area contributed by atoms with E-state index >= 15 is 0 Å². The van der Waals surface area contributed by atoms with E-state index in [-0.39, 0.29) is 5.91 Å². The number of hydrogen-bond donors (Lipinski definition) is 1. The molecule has 0 aliphatic rings. The van der Waals surface area contributed by atoms with E-state index in [0.717, 1.165) is 22.7 Å². The van der Waals surface area contributed by atoms with Gasteiger partial charge in [-0.25, -0.2) is 4.98 Å². The third-order valence-corrected chi connectivity index (χ3v) is 4.61. The van der Waals surface area contributed by atoms with E-state index in [4.69, 9.17) is 4.52 Å². The van der Waals surface area contributed by atoms with Crippen LogP contribution in [-0.2, 0) is 5.75 Å². The Morgan fingerprint density at radius 3 is 2.67 bits per heavy atom. The van der Waals surface area contributed by atoms with Crippen LogP contribution in [0.25, 0.3) is 0 Å². The number of rotatable bonds is 5. The van der Waals surface area contributed by atoms with Gasteiger partial charge in [-0.05, 0) is 38.1 Å². The van der Waals surface area contributed by atoms with E-state index in [1.807, 2.05) is 44.2 Å². The Morgan fingerprint density at radius 1 is 1.17 bits per heavy atom. The number of anilines is 1. The number of thioether (sulfide) groups is 1. The molecule has 0 saturated carbocycles. The van der Waals surface area contributed by atoms with Gasteiger partial charge in [-0.15, -0.1) is 11.8 Å². The number of benzene rings is 1. The van der Waals surface area contributed by atoms with Crippen LogP contribution in [0.5, 0.6) is 0 Å². The van der Waals surface area contributed by atoms with Crippen molar-refractivity contribution in [3.8, 4) is 0 Å². The average molecular weight is 339 g/mol. The maximum atomic E-state index is 12.5. The van der Waals surface area contributed by atoms with Gasteiger partial charge in [0, 0.05) is 23.2 Å². The van der Waals surface area contributed by atoms with Crippen molar-refractivity contribution in [2.45, 2.75) is 24.6 Å². The number of hydrogen-bond acceptors (Lipinski definition) is 5. The summed E-state index contributed by atoms with van der Waals surface area (Å²) in [4.78, 5) is 16.9. The molecule has 3 rings (SSSR count). The van der Waals surface area contributed by atoms with Crippen molar-refractivity contribution in [3.05, 3.63) is 71.2 Å². The van der Waals surface area contributed by atoms with Gasteiger partial charge in [-0.1, -0.05) is 23.4 Å². The molecule has 0 aliphatic carbocycles. The minimum Gasteiger partial charge on any atom is -0.361 e. The molecule has 24 heavy (non-hydrogen) atoms. The highest BCUT2D eigenvalue weighted by Gasteiger charge is 2.15. The van der Waals surface area contributed by atoms with Crippen molar-refractivity contribution in [1.29, 1.82) is 0 Å². The Kier molecular flexibility index (Phi) is 4.96. The molecule has 5 nitrogen and oxygen atoms in total. The highest BCUT2D eigenvalue weighted by Crippen LogP contribution is 2.27. The molecule has 3 aromatic rings. The predicted octanol–water partition coefficient (Wildman–Crippen LogP) is 4.23. The summed E-state index contributed by atoms with van der Waals surface area (Å²) in [5, 5.41) is 7.53. The lowest BCUT2D eigenvalue weighted by Gasteiger charge is -2.09. The Bertz CT molecular complexity index is 827. The lowest BCUT2D eigenvalue weighted by Crippen LogP contribution is -2.13. The van der Waals surface area contributed by atoms with Crippen LogP contribution in [0.4, 0.5) is 5.69 Å². The van der Waals surface area contributed by atoms with Crippen molar-refractivity contribution in [1.82, 2.24) is 10.1 Å². The maximum absolute atomic E-state index is 12.5. The van der Waals surface area contributed by atoms with Crippen LogP contribution >= 0.6 is 11.8 Å². The molecular weight excluding hydrogens is 322 g/mol. The molecule has 2 aromatic heterocycles. The first-order valence-corrected chi connectivity index (χ1v) is 8.49. The molecule has 0 unspecified atom stereocenters. The molecule has 1 aromatic carbocycles. The summed E-state index contributed by atoms with van der Waals surface area (Å²) in [6.45, 7) is 3.80. The normalized spacial score (nSPS) is 10.6. The van der Waals surface area contributed by atoms with E-state index in [9.17, 15) is 4.79 Å². The number of aryl methyl sites for hydroxylation is 2. The summed E-state index contributed by atoms with van der Waals surface area (Å²) in [6, 6.07) is 12.9. The highest BCUT2D eigenvalue weighted by molar-refractivity contribution is 7.98. The molecular formula is C18H17N3O2S. The molecule has 1 amide bonds. The van der Waals surface area contributed by atoms with E-state index in [1.54, 1.807) is 18.3 Å². The van der Waals surface area contributed by atoms with Crippen LogP contribution in [0.15, 0.2) is 58.2 Å². The number of amides is 1. The molecule has 122 valence electrons. The topological polar surface area (TPSA) is 68.0 Å². The third-order valence-electron chi connectivity index (χ3n) is 3.58. The van der Waals surface area contributed by atoms with Gasteiger partial charge in [0.15, 0.2) is 0 Å². The molecule has 0 radical (unpaired) electrons. The third kappa shape index (κ3) is 3.65. The number of aromatic nitrogens is 2.